The van der Waals surface area contributed by atoms with E-state index in [1.165, 1.54) is 32.5 Å². The quantitative estimate of drug-likeness (QED) is 0.793. The number of benzene rings is 1. The predicted octanol–water partition coefficient (Wildman–Crippen LogP) is 2.47. The van der Waals surface area contributed by atoms with Crippen LogP contribution >= 0.6 is 0 Å². The first-order valence-electron chi connectivity index (χ1n) is 5.53. The van der Waals surface area contributed by atoms with Crippen LogP contribution in [0.25, 0.3) is 0 Å². The van der Waals surface area contributed by atoms with Crippen LogP contribution in [-0.2, 0) is 0 Å². The molecule has 0 N–H and O–H groups in total. The van der Waals surface area contributed by atoms with Crippen molar-refractivity contribution in [3.05, 3.63) is 53.6 Å². The van der Waals surface area contributed by atoms with Crippen molar-refractivity contribution in [1.29, 1.82) is 0 Å². The Kier molecular flexibility index (Phi) is 3.75. The molecule has 1 heterocycles. The Hall–Kier alpha value is -2.43. The van der Waals surface area contributed by atoms with E-state index in [0.717, 1.165) is 6.20 Å². The topological polar surface area (TPSA) is 48.4 Å². The molecular weight excluding hydrogens is 249 g/mol. The van der Waals surface area contributed by atoms with Gasteiger partial charge in [0.1, 0.15) is 11.5 Å². The van der Waals surface area contributed by atoms with Crippen molar-refractivity contribution in [2.45, 2.75) is 0 Å². The minimum atomic E-state index is -0.669. The molecule has 5 heteroatoms. The normalized spacial score (nSPS) is 10.1. The second-order valence-corrected chi connectivity index (χ2v) is 3.75. The van der Waals surface area contributed by atoms with Crippen LogP contribution in [0.4, 0.5) is 4.39 Å². The number of hydrogen-bond acceptors (Lipinski definition) is 4. The van der Waals surface area contributed by atoms with Gasteiger partial charge >= 0.3 is 0 Å². The monoisotopic (exact) mass is 261 g/mol. The molecule has 0 spiro atoms. The second kappa shape index (κ2) is 5.48. The number of carbonyl (C=O) groups is 1. The van der Waals surface area contributed by atoms with Crippen LogP contribution in [0.5, 0.6) is 11.5 Å². The Balaban J connectivity index is 2.51. The van der Waals surface area contributed by atoms with Crippen LogP contribution in [0.2, 0.25) is 0 Å². The van der Waals surface area contributed by atoms with Crippen molar-refractivity contribution in [2.75, 3.05) is 14.2 Å². The average Bonchev–Trinajstić information content (AvgIpc) is 2.46. The van der Waals surface area contributed by atoms with E-state index in [4.69, 9.17) is 9.47 Å². The van der Waals surface area contributed by atoms with Crippen LogP contribution in [0.15, 0.2) is 36.7 Å². The van der Waals surface area contributed by atoms with Crippen LogP contribution in [0.1, 0.15) is 15.9 Å². The van der Waals surface area contributed by atoms with Gasteiger partial charge in [0.05, 0.1) is 31.5 Å². The summed E-state index contributed by atoms with van der Waals surface area (Å²) >= 11 is 0. The molecule has 2 aromatic rings. The van der Waals surface area contributed by atoms with E-state index in [0.29, 0.717) is 11.5 Å². The molecule has 0 aliphatic rings. The highest BCUT2D eigenvalue weighted by atomic mass is 19.1. The smallest absolute Gasteiger partial charge is 0.199 e. The summed E-state index contributed by atoms with van der Waals surface area (Å²) in [4.78, 5) is 15.9. The van der Waals surface area contributed by atoms with Gasteiger partial charge < -0.3 is 9.47 Å². The largest absolute Gasteiger partial charge is 0.497 e. The molecule has 19 heavy (non-hydrogen) atoms. The first-order valence-corrected chi connectivity index (χ1v) is 5.53. The number of nitrogens with zero attached hydrogens (tertiary/aromatic N) is 1. The first kappa shape index (κ1) is 13.0. The zero-order valence-electron chi connectivity index (χ0n) is 10.5. The lowest BCUT2D eigenvalue weighted by atomic mass is 10.0. The molecule has 0 unspecified atom stereocenters. The third-order valence-electron chi connectivity index (χ3n) is 2.67. The second-order valence-electron chi connectivity index (χ2n) is 3.75. The minimum absolute atomic E-state index is 0.0541. The van der Waals surface area contributed by atoms with Gasteiger partial charge in [0.2, 0.25) is 0 Å². The maximum Gasteiger partial charge on any atom is 0.199 e. The molecule has 4 nitrogen and oxygen atoms in total. The van der Waals surface area contributed by atoms with Gasteiger partial charge in [0, 0.05) is 6.20 Å². The van der Waals surface area contributed by atoms with Crippen molar-refractivity contribution >= 4 is 5.78 Å². The summed E-state index contributed by atoms with van der Waals surface area (Å²) in [6.45, 7) is 0. The van der Waals surface area contributed by atoms with Crippen molar-refractivity contribution < 1.29 is 18.7 Å². The fraction of sp³-hybridized carbons (Fsp3) is 0.143. The molecule has 0 saturated heterocycles. The molecule has 0 atom stereocenters. The summed E-state index contributed by atoms with van der Waals surface area (Å²) in [5.74, 6) is -0.284. The highest BCUT2D eigenvalue weighted by Crippen LogP contribution is 2.26. The van der Waals surface area contributed by atoms with E-state index in [1.807, 2.05) is 0 Å². The Morgan fingerprint density at radius 2 is 1.95 bits per heavy atom. The summed E-state index contributed by atoms with van der Waals surface area (Å²) < 4.78 is 23.8. The molecule has 0 aliphatic carbocycles. The van der Waals surface area contributed by atoms with Crippen molar-refractivity contribution in [1.82, 2.24) is 4.98 Å². The van der Waals surface area contributed by atoms with Gasteiger partial charge in [-0.3, -0.25) is 9.78 Å². The van der Waals surface area contributed by atoms with Gasteiger partial charge in [-0.15, -0.1) is 0 Å². The lowest BCUT2D eigenvalue weighted by Crippen LogP contribution is -2.07. The number of halogens is 1. The molecule has 0 amide bonds. The lowest BCUT2D eigenvalue weighted by molar-refractivity contribution is 0.103. The van der Waals surface area contributed by atoms with Gasteiger partial charge in [-0.1, -0.05) is 0 Å². The molecule has 0 fully saturated rings. The average molecular weight is 261 g/mol. The molecule has 0 saturated carbocycles. The summed E-state index contributed by atoms with van der Waals surface area (Å²) in [6.07, 6.45) is 2.36. The summed E-state index contributed by atoms with van der Waals surface area (Å²) in [6, 6.07) is 6.11. The van der Waals surface area contributed by atoms with E-state index in [2.05, 4.69) is 4.98 Å². The number of ether oxygens (including phenoxy) is 2. The van der Waals surface area contributed by atoms with Crippen molar-refractivity contribution in [3.8, 4) is 11.5 Å². The number of hydrogen-bond donors (Lipinski definition) is 0. The number of aromatic nitrogens is 1. The highest BCUT2D eigenvalue weighted by molar-refractivity contribution is 6.11. The maximum atomic E-state index is 13.6. The van der Waals surface area contributed by atoms with Crippen molar-refractivity contribution in [3.63, 3.8) is 0 Å². The molecular formula is C14H12FNO3. The van der Waals surface area contributed by atoms with E-state index in [1.54, 1.807) is 12.1 Å². The summed E-state index contributed by atoms with van der Waals surface area (Å²) in [7, 11) is 2.94. The number of rotatable bonds is 4. The lowest BCUT2D eigenvalue weighted by Gasteiger charge is -2.09. The minimum Gasteiger partial charge on any atom is -0.497 e. The predicted molar refractivity (Wildman–Crippen MR) is 67.2 cm³/mol. The van der Waals surface area contributed by atoms with Crippen LogP contribution < -0.4 is 9.47 Å². The third kappa shape index (κ3) is 2.54. The van der Waals surface area contributed by atoms with Crippen molar-refractivity contribution in [2.24, 2.45) is 0 Å². The Labute approximate surface area is 109 Å². The summed E-state index contributed by atoms with van der Waals surface area (Å²) in [5.41, 5.74) is 0.188. The molecule has 0 radical (unpaired) electrons. The fourth-order valence-electron chi connectivity index (χ4n) is 1.70. The SMILES string of the molecule is COc1ccc(OC)c(C(=O)c2ccncc2F)c1. The van der Waals surface area contributed by atoms with Gasteiger partial charge in [0.15, 0.2) is 11.6 Å². The zero-order chi connectivity index (χ0) is 13.8. The Morgan fingerprint density at radius 3 is 2.58 bits per heavy atom. The fourth-order valence-corrected chi connectivity index (χ4v) is 1.70. The standard InChI is InChI=1S/C14H12FNO3/c1-18-9-3-4-13(19-2)11(7-9)14(17)10-5-6-16-8-12(10)15/h3-8H,1-2H3. The van der Waals surface area contributed by atoms with Crippen LogP contribution in [0, 0.1) is 5.82 Å². The summed E-state index contributed by atoms with van der Waals surface area (Å²) in [5, 5.41) is 0. The van der Waals surface area contributed by atoms with Gasteiger partial charge in [-0.2, -0.15) is 0 Å². The van der Waals surface area contributed by atoms with E-state index in [9.17, 15) is 9.18 Å². The molecule has 1 aromatic heterocycles. The van der Waals surface area contributed by atoms with Crippen LogP contribution in [0.3, 0.4) is 0 Å². The highest BCUT2D eigenvalue weighted by Gasteiger charge is 2.18. The van der Waals surface area contributed by atoms with Gasteiger partial charge in [-0.05, 0) is 24.3 Å². The molecule has 0 aliphatic heterocycles. The number of pyridine rings is 1. The van der Waals surface area contributed by atoms with Gasteiger partial charge in [-0.25, -0.2) is 4.39 Å². The molecule has 0 bridgehead atoms. The van der Waals surface area contributed by atoms with Gasteiger partial charge in [0.25, 0.3) is 0 Å². The third-order valence-corrected chi connectivity index (χ3v) is 2.67. The molecule has 98 valence electrons. The Bertz CT molecular complexity index is 613. The number of methoxy groups -OCH3 is 2. The molecule has 2 rings (SSSR count). The Morgan fingerprint density at radius 1 is 1.16 bits per heavy atom. The van der Waals surface area contributed by atoms with Crippen LogP contribution in [-0.4, -0.2) is 25.0 Å². The number of carbonyl (C=O) groups excluding carboxylic acids is 1. The number of ketones is 1. The maximum absolute atomic E-state index is 13.6. The molecule has 1 aromatic carbocycles. The first-order chi connectivity index (χ1) is 9.17. The van der Waals surface area contributed by atoms with E-state index < -0.39 is 11.6 Å². The van der Waals surface area contributed by atoms with E-state index in [-0.39, 0.29) is 11.1 Å². The van der Waals surface area contributed by atoms with E-state index >= 15 is 0 Å². The zero-order valence-corrected chi connectivity index (χ0v) is 10.5.